The molecule has 0 aliphatic heterocycles. The summed E-state index contributed by atoms with van der Waals surface area (Å²) < 4.78 is 50.8. The quantitative estimate of drug-likeness (QED) is 0.635. The molecule has 2 aromatic carbocycles. The molecule has 0 radical (unpaired) electrons. The van der Waals surface area contributed by atoms with Gasteiger partial charge < -0.3 is 9.15 Å². The van der Waals surface area contributed by atoms with Crippen molar-refractivity contribution in [1.82, 2.24) is 14.9 Å². The molecule has 1 aromatic heterocycles. The molecule has 1 N–H and O–H groups in total. The average Bonchev–Trinajstić information content (AvgIpc) is 3.12. The fourth-order valence-corrected chi connectivity index (χ4v) is 3.35. The van der Waals surface area contributed by atoms with Crippen molar-refractivity contribution < 1.29 is 22.0 Å². The van der Waals surface area contributed by atoms with E-state index in [1.165, 1.54) is 36.4 Å². The van der Waals surface area contributed by atoms with Gasteiger partial charge in [0.05, 0.1) is 11.5 Å². The first-order valence-corrected chi connectivity index (χ1v) is 9.77. The Bertz CT molecular complexity index is 986. The van der Waals surface area contributed by atoms with Crippen molar-refractivity contribution in [3.63, 3.8) is 0 Å². The van der Waals surface area contributed by atoms with Crippen LogP contribution in [0.4, 0.5) is 4.39 Å². The predicted octanol–water partition coefficient (Wildman–Crippen LogP) is 2.80. The predicted molar refractivity (Wildman–Crippen MR) is 96.2 cm³/mol. The van der Waals surface area contributed by atoms with Crippen LogP contribution in [0, 0.1) is 5.82 Å². The summed E-state index contributed by atoms with van der Waals surface area (Å²) in [7, 11) is -3.65. The molecule has 0 fully saturated rings. The van der Waals surface area contributed by atoms with Gasteiger partial charge in [0.15, 0.2) is 0 Å². The molecule has 3 rings (SSSR count). The largest absolute Gasteiger partial charge is 0.494 e. The maximum Gasteiger partial charge on any atom is 0.247 e. The SMILES string of the molecule is CCOc1ccc(S(=O)(=O)NCCc2nnc(-c3ccc(F)cc3)o2)cc1. The monoisotopic (exact) mass is 391 g/mol. The minimum Gasteiger partial charge on any atom is -0.494 e. The van der Waals surface area contributed by atoms with Crippen LogP contribution in [0.15, 0.2) is 57.8 Å². The summed E-state index contributed by atoms with van der Waals surface area (Å²) in [4.78, 5) is 0.142. The summed E-state index contributed by atoms with van der Waals surface area (Å²) in [5.41, 5.74) is 0.588. The maximum atomic E-state index is 12.9. The van der Waals surface area contributed by atoms with Gasteiger partial charge in [0, 0.05) is 18.5 Å². The van der Waals surface area contributed by atoms with Crippen molar-refractivity contribution in [3.05, 3.63) is 60.2 Å². The summed E-state index contributed by atoms with van der Waals surface area (Å²) in [5, 5.41) is 7.76. The van der Waals surface area contributed by atoms with Gasteiger partial charge in [-0.15, -0.1) is 10.2 Å². The summed E-state index contributed by atoms with van der Waals surface area (Å²) in [6.07, 6.45) is 0.227. The Balaban J connectivity index is 1.58. The van der Waals surface area contributed by atoms with E-state index in [2.05, 4.69) is 14.9 Å². The van der Waals surface area contributed by atoms with Crippen LogP contribution in [0.25, 0.3) is 11.5 Å². The number of halogens is 1. The zero-order chi connectivity index (χ0) is 19.3. The second-order valence-corrected chi connectivity index (χ2v) is 7.33. The van der Waals surface area contributed by atoms with Crippen molar-refractivity contribution in [1.29, 1.82) is 0 Å². The Labute approximate surface area is 156 Å². The molecule has 0 amide bonds. The lowest BCUT2D eigenvalue weighted by Gasteiger charge is -2.07. The van der Waals surface area contributed by atoms with Crippen LogP contribution in [0.1, 0.15) is 12.8 Å². The molecule has 0 aliphatic rings. The number of aromatic nitrogens is 2. The topological polar surface area (TPSA) is 94.3 Å². The van der Waals surface area contributed by atoms with Crippen molar-refractivity contribution in [3.8, 4) is 17.2 Å². The number of benzene rings is 2. The van der Waals surface area contributed by atoms with E-state index in [1.807, 2.05) is 6.92 Å². The van der Waals surface area contributed by atoms with Crippen LogP contribution in [0.2, 0.25) is 0 Å². The van der Waals surface area contributed by atoms with Crippen molar-refractivity contribution in [2.75, 3.05) is 13.2 Å². The van der Waals surface area contributed by atoms with E-state index >= 15 is 0 Å². The zero-order valence-electron chi connectivity index (χ0n) is 14.6. The van der Waals surface area contributed by atoms with Crippen LogP contribution >= 0.6 is 0 Å². The third-order valence-electron chi connectivity index (χ3n) is 3.63. The Morgan fingerprint density at radius 2 is 1.78 bits per heavy atom. The van der Waals surface area contributed by atoms with E-state index in [-0.39, 0.29) is 35.5 Å². The first kappa shape index (κ1) is 19.0. The van der Waals surface area contributed by atoms with Gasteiger partial charge in [-0.1, -0.05) is 0 Å². The molecule has 0 saturated heterocycles. The Kier molecular flexibility index (Phi) is 5.82. The van der Waals surface area contributed by atoms with Crippen molar-refractivity contribution in [2.24, 2.45) is 0 Å². The summed E-state index contributed by atoms with van der Waals surface area (Å²) in [5.74, 6) is 0.779. The molecule has 3 aromatic rings. The minimum absolute atomic E-state index is 0.0978. The van der Waals surface area contributed by atoms with Crippen LogP contribution in [-0.4, -0.2) is 31.8 Å². The van der Waals surface area contributed by atoms with Crippen LogP contribution in [0.5, 0.6) is 5.75 Å². The van der Waals surface area contributed by atoms with E-state index in [1.54, 1.807) is 12.1 Å². The number of nitrogens with one attached hydrogen (secondary N) is 1. The lowest BCUT2D eigenvalue weighted by Crippen LogP contribution is -2.26. The van der Waals surface area contributed by atoms with Gasteiger partial charge in [-0.2, -0.15) is 0 Å². The Hall–Kier alpha value is -2.78. The first-order valence-electron chi connectivity index (χ1n) is 8.29. The third-order valence-corrected chi connectivity index (χ3v) is 5.11. The highest BCUT2D eigenvalue weighted by molar-refractivity contribution is 7.89. The smallest absolute Gasteiger partial charge is 0.247 e. The Morgan fingerprint density at radius 1 is 1.07 bits per heavy atom. The van der Waals surface area contributed by atoms with E-state index in [9.17, 15) is 12.8 Å². The van der Waals surface area contributed by atoms with Gasteiger partial charge in [0.1, 0.15) is 11.6 Å². The highest BCUT2D eigenvalue weighted by Crippen LogP contribution is 2.18. The molecule has 7 nitrogen and oxygen atoms in total. The lowest BCUT2D eigenvalue weighted by molar-refractivity contribution is 0.340. The lowest BCUT2D eigenvalue weighted by atomic mass is 10.2. The zero-order valence-corrected chi connectivity index (χ0v) is 15.4. The van der Waals surface area contributed by atoms with Crippen LogP contribution in [-0.2, 0) is 16.4 Å². The maximum absolute atomic E-state index is 12.9. The summed E-state index contributed by atoms with van der Waals surface area (Å²) in [6.45, 7) is 2.46. The molecule has 0 saturated carbocycles. The molecule has 0 bridgehead atoms. The normalized spacial score (nSPS) is 11.5. The number of ether oxygens (including phenoxy) is 1. The first-order chi connectivity index (χ1) is 13.0. The molecule has 142 valence electrons. The highest BCUT2D eigenvalue weighted by Gasteiger charge is 2.15. The molecule has 0 atom stereocenters. The summed E-state index contributed by atoms with van der Waals surface area (Å²) in [6, 6.07) is 11.8. The van der Waals surface area contributed by atoms with Crippen LogP contribution in [0.3, 0.4) is 0 Å². The van der Waals surface area contributed by atoms with Gasteiger partial charge in [0.25, 0.3) is 0 Å². The third kappa shape index (κ3) is 4.89. The molecule has 0 aliphatic carbocycles. The molecule has 27 heavy (non-hydrogen) atoms. The molecule has 0 spiro atoms. The fraction of sp³-hybridized carbons (Fsp3) is 0.222. The number of rotatable bonds is 8. The number of hydrogen-bond donors (Lipinski definition) is 1. The number of hydrogen-bond acceptors (Lipinski definition) is 6. The van der Waals surface area contributed by atoms with E-state index in [0.717, 1.165) is 0 Å². The molecular formula is C18H18FN3O4S. The standard InChI is InChI=1S/C18H18FN3O4S/c1-2-25-15-7-9-16(10-8-15)27(23,24)20-12-11-17-21-22-18(26-17)13-3-5-14(19)6-4-13/h3-10,20H,2,11-12H2,1H3. The van der Waals surface area contributed by atoms with Gasteiger partial charge in [-0.25, -0.2) is 17.5 Å². The van der Waals surface area contributed by atoms with E-state index in [0.29, 0.717) is 17.9 Å². The molecule has 9 heteroatoms. The van der Waals surface area contributed by atoms with Crippen LogP contribution < -0.4 is 9.46 Å². The minimum atomic E-state index is -3.65. The Morgan fingerprint density at radius 3 is 2.44 bits per heavy atom. The molecular weight excluding hydrogens is 373 g/mol. The van der Waals surface area contributed by atoms with Gasteiger partial charge >= 0.3 is 0 Å². The second kappa shape index (κ2) is 8.28. The highest BCUT2D eigenvalue weighted by atomic mass is 32.2. The molecule has 1 heterocycles. The number of sulfonamides is 1. The van der Waals surface area contributed by atoms with Gasteiger partial charge in [0.2, 0.25) is 21.8 Å². The van der Waals surface area contributed by atoms with E-state index < -0.39 is 10.0 Å². The average molecular weight is 391 g/mol. The van der Waals surface area contributed by atoms with Crippen molar-refractivity contribution >= 4 is 10.0 Å². The summed E-state index contributed by atoms with van der Waals surface area (Å²) >= 11 is 0. The second-order valence-electron chi connectivity index (χ2n) is 5.56. The van der Waals surface area contributed by atoms with E-state index in [4.69, 9.17) is 9.15 Å². The van der Waals surface area contributed by atoms with Gasteiger partial charge in [-0.3, -0.25) is 0 Å². The van der Waals surface area contributed by atoms with Gasteiger partial charge in [-0.05, 0) is 55.5 Å². The molecule has 0 unspecified atom stereocenters. The fourth-order valence-electron chi connectivity index (χ4n) is 2.32. The number of nitrogens with zero attached hydrogens (tertiary/aromatic N) is 2. The van der Waals surface area contributed by atoms with Crippen molar-refractivity contribution in [2.45, 2.75) is 18.2 Å².